The van der Waals surface area contributed by atoms with Crippen LogP contribution in [0.15, 0.2) is 42.5 Å². The van der Waals surface area contributed by atoms with E-state index in [-0.39, 0.29) is 5.56 Å². The molecule has 1 atom stereocenters. The van der Waals surface area contributed by atoms with E-state index in [1.54, 1.807) is 6.92 Å². The number of rotatable bonds is 5. The Balaban J connectivity index is 1.89. The summed E-state index contributed by atoms with van der Waals surface area (Å²) in [4.78, 5) is 24.0. The van der Waals surface area contributed by atoms with Crippen LogP contribution in [-0.4, -0.2) is 18.0 Å². The molecule has 5 heteroatoms. The molecule has 2 aromatic rings. The lowest BCUT2D eigenvalue weighted by molar-refractivity contribution is -0.129. The highest BCUT2D eigenvalue weighted by molar-refractivity contribution is 5.92. The third kappa shape index (κ3) is 4.65. The first-order valence-corrected chi connectivity index (χ1v) is 7.67. The molecule has 0 fully saturated rings. The highest BCUT2D eigenvalue weighted by atomic mass is 19.1. The second-order valence-corrected chi connectivity index (χ2v) is 5.71. The number of benzene rings is 2. The normalized spacial score (nSPS) is 11.7. The first-order valence-electron chi connectivity index (χ1n) is 7.67. The van der Waals surface area contributed by atoms with Crippen molar-refractivity contribution >= 4 is 11.9 Å². The number of amides is 1. The van der Waals surface area contributed by atoms with Crippen molar-refractivity contribution in [2.75, 3.05) is 0 Å². The van der Waals surface area contributed by atoms with Crippen LogP contribution in [0.3, 0.4) is 0 Å². The predicted molar refractivity (Wildman–Crippen MR) is 89.0 cm³/mol. The third-order valence-electron chi connectivity index (χ3n) is 3.65. The van der Waals surface area contributed by atoms with E-state index in [0.29, 0.717) is 12.1 Å². The number of ether oxygens (including phenoxy) is 1. The number of carbonyl (C=O) groups is 2. The minimum Gasteiger partial charge on any atom is -0.449 e. The van der Waals surface area contributed by atoms with Crippen molar-refractivity contribution < 1.29 is 18.7 Å². The second kappa shape index (κ2) is 7.73. The molecular weight excluding hydrogens is 309 g/mol. The van der Waals surface area contributed by atoms with Gasteiger partial charge in [-0.2, -0.15) is 0 Å². The molecule has 0 bridgehead atoms. The van der Waals surface area contributed by atoms with Crippen molar-refractivity contribution in [1.82, 2.24) is 5.32 Å². The van der Waals surface area contributed by atoms with Crippen LogP contribution in [0.2, 0.25) is 0 Å². The van der Waals surface area contributed by atoms with Gasteiger partial charge in [0.05, 0.1) is 5.56 Å². The first kappa shape index (κ1) is 17.7. The zero-order chi connectivity index (χ0) is 17.7. The summed E-state index contributed by atoms with van der Waals surface area (Å²) >= 11 is 0. The van der Waals surface area contributed by atoms with Crippen LogP contribution in [0.1, 0.15) is 34.0 Å². The molecule has 0 saturated heterocycles. The van der Waals surface area contributed by atoms with Gasteiger partial charge in [0.2, 0.25) is 0 Å². The van der Waals surface area contributed by atoms with E-state index in [4.69, 9.17) is 4.74 Å². The van der Waals surface area contributed by atoms with Crippen LogP contribution in [0, 0.1) is 19.7 Å². The Labute approximate surface area is 140 Å². The molecule has 0 radical (unpaired) electrons. The van der Waals surface area contributed by atoms with Crippen molar-refractivity contribution in [1.29, 1.82) is 0 Å². The fourth-order valence-corrected chi connectivity index (χ4v) is 2.04. The Kier molecular flexibility index (Phi) is 5.68. The molecule has 0 aliphatic carbocycles. The second-order valence-electron chi connectivity index (χ2n) is 5.71. The van der Waals surface area contributed by atoms with Gasteiger partial charge in [0.25, 0.3) is 5.91 Å². The maximum atomic E-state index is 13.5. The van der Waals surface area contributed by atoms with Crippen LogP contribution < -0.4 is 5.32 Å². The largest absolute Gasteiger partial charge is 0.449 e. The topological polar surface area (TPSA) is 55.4 Å². The fraction of sp³-hybridized carbons (Fsp3) is 0.263. The number of halogens is 1. The summed E-state index contributed by atoms with van der Waals surface area (Å²) in [6.45, 7) is 5.41. The molecule has 0 aliphatic heterocycles. The van der Waals surface area contributed by atoms with E-state index in [2.05, 4.69) is 5.32 Å². The van der Waals surface area contributed by atoms with Gasteiger partial charge < -0.3 is 10.1 Å². The van der Waals surface area contributed by atoms with Crippen LogP contribution in [-0.2, 0) is 16.1 Å². The van der Waals surface area contributed by atoms with Gasteiger partial charge >= 0.3 is 5.97 Å². The third-order valence-corrected chi connectivity index (χ3v) is 3.65. The molecule has 0 saturated carbocycles. The Morgan fingerprint density at radius 1 is 1.12 bits per heavy atom. The van der Waals surface area contributed by atoms with Gasteiger partial charge in [-0.3, -0.25) is 4.79 Å². The first-order chi connectivity index (χ1) is 11.4. The molecule has 126 valence electrons. The zero-order valence-corrected chi connectivity index (χ0v) is 13.9. The highest BCUT2D eigenvalue weighted by Gasteiger charge is 2.19. The number of hydrogen-bond acceptors (Lipinski definition) is 3. The van der Waals surface area contributed by atoms with Crippen LogP contribution in [0.25, 0.3) is 0 Å². The van der Waals surface area contributed by atoms with Crippen molar-refractivity contribution in [3.05, 3.63) is 70.5 Å². The summed E-state index contributed by atoms with van der Waals surface area (Å²) in [7, 11) is 0. The van der Waals surface area contributed by atoms with Gasteiger partial charge in [0.15, 0.2) is 6.10 Å². The van der Waals surface area contributed by atoms with Crippen LogP contribution in [0.5, 0.6) is 0 Å². The molecule has 1 amide bonds. The Hall–Kier alpha value is -2.69. The number of nitrogens with one attached hydrogen (secondary N) is 1. The zero-order valence-electron chi connectivity index (χ0n) is 13.9. The maximum absolute atomic E-state index is 13.5. The summed E-state index contributed by atoms with van der Waals surface area (Å²) in [6, 6.07) is 11.8. The molecule has 0 aliphatic rings. The molecule has 0 aromatic heterocycles. The Morgan fingerprint density at radius 3 is 2.42 bits per heavy atom. The lowest BCUT2D eigenvalue weighted by Gasteiger charge is -2.14. The van der Waals surface area contributed by atoms with Gasteiger partial charge in [-0.05, 0) is 44.0 Å². The van der Waals surface area contributed by atoms with Gasteiger partial charge in [-0.1, -0.05) is 35.9 Å². The minimum atomic E-state index is -0.965. The molecule has 4 nitrogen and oxygen atoms in total. The van der Waals surface area contributed by atoms with Gasteiger partial charge in [0, 0.05) is 6.54 Å². The maximum Gasteiger partial charge on any atom is 0.339 e. The molecule has 2 aromatic carbocycles. The quantitative estimate of drug-likeness (QED) is 0.856. The molecule has 0 spiro atoms. The van der Waals surface area contributed by atoms with E-state index in [1.165, 1.54) is 19.1 Å². The number of aryl methyl sites for hydroxylation is 2. The SMILES string of the molecule is Cc1ccc(CNC(=O)[C@@H](C)OC(=O)c2ccc(C)c(F)c2)cc1. The van der Waals surface area contributed by atoms with E-state index in [1.807, 2.05) is 31.2 Å². The lowest BCUT2D eigenvalue weighted by Crippen LogP contribution is -2.35. The Bertz CT molecular complexity index is 741. The molecule has 0 heterocycles. The average Bonchev–Trinajstić information content (AvgIpc) is 2.56. The van der Waals surface area contributed by atoms with Gasteiger partial charge in [-0.15, -0.1) is 0 Å². The number of esters is 1. The van der Waals surface area contributed by atoms with Crippen LogP contribution in [0.4, 0.5) is 4.39 Å². The molecule has 2 rings (SSSR count). The standard InChI is InChI=1S/C19H20FNO3/c1-12-4-7-15(8-5-12)11-21-18(22)14(3)24-19(23)16-9-6-13(2)17(20)10-16/h4-10,14H,11H2,1-3H3,(H,21,22)/t14-/m1/s1. The Morgan fingerprint density at radius 2 is 1.79 bits per heavy atom. The van der Waals surface area contributed by atoms with Crippen molar-refractivity contribution in [2.24, 2.45) is 0 Å². The summed E-state index contributed by atoms with van der Waals surface area (Å²) in [5, 5.41) is 2.71. The minimum absolute atomic E-state index is 0.0799. The molecule has 1 N–H and O–H groups in total. The van der Waals surface area contributed by atoms with Crippen molar-refractivity contribution in [3.63, 3.8) is 0 Å². The van der Waals surface area contributed by atoms with Gasteiger partial charge in [-0.25, -0.2) is 9.18 Å². The van der Waals surface area contributed by atoms with E-state index in [9.17, 15) is 14.0 Å². The average molecular weight is 329 g/mol. The van der Waals surface area contributed by atoms with Gasteiger partial charge in [0.1, 0.15) is 5.82 Å². The van der Waals surface area contributed by atoms with Crippen molar-refractivity contribution in [2.45, 2.75) is 33.4 Å². The predicted octanol–water partition coefficient (Wildman–Crippen LogP) is 3.30. The smallest absolute Gasteiger partial charge is 0.339 e. The van der Waals surface area contributed by atoms with E-state index < -0.39 is 23.8 Å². The summed E-state index contributed by atoms with van der Waals surface area (Å²) < 4.78 is 18.6. The summed E-state index contributed by atoms with van der Waals surface area (Å²) in [6.07, 6.45) is -0.965. The molecular formula is C19H20FNO3. The summed E-state index contributed by atoms with van der Waals surface area (Å²) in [5.74, 6) is -1.62. The van der Waals surface area contributed by atoms with E-state index >= 15 is 0 Å². The monoisotopic (exact) mass is 329 g/mol. The highest BCUT2D eigenvalue weighted by Crippen LogP contribution is 2.11. The number of hydrogen-bond donors (Lipinski definition) is 1. The van der Waals surface area contributed by atoms with E-state index in [0.717, 1.165) is 17.2 Å². The van der Waals surface area contributed by atoms with Crippen molar-refractivity contribution in [3.8, 4) is 0 Å². The summed E-state index contributed by atoms with van der Waals surface area (Å²) in [5.41, 5.74) is 2.61. The van der Waals surface area contributed by atoms with Crippen LogP contribution >= 0.6 is 0 Å². The molecule has 0 unspecified atom stereocenters. The number of carbonyl (C=O) groups excluding carboxylic acids is 2. The lowest BCUT2D eigenvalue weighted by atomic mass is 10.1. The molecule has 24 heavy (non-hydrogen) atoms. The fourth-order valence-electron chi connectivity index (χ4n) is 2.04.